The summed E-state index contributed by atoms with van der Waals surface area (Å²) in [6, 6.07) is 0. The fourth-order valence-corrected chi connectivity index (χ4v) is 2.96. The highest BCUT2D eigenvalue weighted by atomic mass is 32.2. The Balaban J connectivity index is 1.90. The third-order valence-corrected chi connectivity index (χ3v) is 4.24. The Hall–Kier alpha value is -1.41. The Morgan fingerprint density at radius 3 is 2.95 bits per heavy atom. The van der Waals surface area contributed by atoms with Crippen LogP contribution in [0.5, 0.6) is 0 Å². The van der Waals surface area contributed by atoms with E-state index in [0.717, 1.165) is 4.34 Å². The average molecular weight is 299 g/mol. The summed E-state index contributed by atoms with van der Waals surface area (Å²) in [6.45, 7) is 4.00. The van der Waals surface area contributed by atoms with Crippen molar-refractivity contribution in [1.82, 2.24) is 15.1 Å². The van der Waals surface area contributed by atoms with Crippen molar-refractivity contribution in [2.24, 2.45) is 0 Å². The maximum absolute atomic E-state index is 10.5. The quantitative estimate of drug-likeness (QED) is 0.820. The molecular weight excluding hydrogens is 286 g/mol. The van der Waals surface area contributed by atoms with Crippen molar-refractivity contribution in [2.75, 3.05) is 0 Å². The molecule has 2 rings (SSSR count). The molecule has 1 N–H and O–H groups in total. The highest BCUT2D eigenvalue weighted by Gasteiger charge is 2.11. The van der Waals surface area contributed by atoms with E-state index < -0.39 is 5.97 Å². The van der Waals surface area contributed by atoms with Crippen LogP contribution in [0.15, 0.2) is 14.2 Å². The molecule has 102 valence electrons. The summed E-state index contributed by atoms with van der Waals surface area (Å²) in [5, 5.41) is 14.3. The fraction of sp³-hybridized carbons (Fsp3) is 0.455. The second kappa shape index (κ2) is 6.16. The largest absolute Gasteiger partial charge is 0.481 e. The van der Waals surface area contributed by atoms with E-state index in [-0.39, 0.29) is 12.3 Å². The number of hydrogen-bond acceptors (Lipinski definition) is 7. The topological polar surface area (TPSA) is 89.1 Å². The fourth-order valence-electron chi connectivity index (χ4n) is 1.28. The highest BCUT2D eigenvalue weighted by molar-refractivity contribution is 8.00. The van der Waals surface area contributed by atoms with Gasteiger partial charge in [-0.25, -0.2) is 4.98 Å². The van der Waals surface area contributed by atoms with Crippen LogP contribution in [0.1, 0.15) is 37.2 Å². The van der Waals surface area contributed by atoms with Gasteiger partial charge in [0, 0.05) is 11.3 Å². The minimum atomic E-state index is -0.875. The average Bonchev–Trinajstić information content (AvgIpc) is 2.94. The van der Waals surface area contributed by atoms with Gasteiger partial charge in [0.2, 0.25) is 5.89 Å². The number of aromatic nitrogens is 3. The van der Waals surface area contributed by atoms with Crippen molar-refractivity contribution in [2.45, 2.75) is 36.3 Å². The zero-order chi connectivity index (χ0) is 13.8. The van der Waals surface area contributed by atoms with Crippen LogP contribution < -0.4 is 0 Å². The highest BCUT2D eigenvalue weighted by Crippen LogP contribution is 2.26. The SMILES string of the molecule is CC(C)c1noc(CSc2nc(CC(=O)O)cs2)n1. The first kappa shape index (κ1) is 14.0. The molecule has 6 nitrogen and oxygen atoms in total. The molecule has 19 heavy (non-hydrogen) atoms. The first-order chi connectivity index (χ1) is 9.04. The molecule has 8 heteroatoms. The van der Waals surface area contributed by atoms with E-state index in [1.54, 1.807) is 5.38 Å². The lowest BCUT2D eigenvalue weighted by atomic mass is 10.2. The molecule has 0 bridgehead atoms. The van der Waals surface area contributed by atoms with E-state index in [1.165, 1.54) is 23.1 Å². The predicted octanol–water partition coefficient (Wildman–Crippen LogP) is 2.57. The van der Waals surface area contributed by atoms with Gasteiger partial charge in [0.05, 0.1) is 17.9 Å². The number of thiazole rings is 1. The van der Waals surface area contributed by atoms with Crippen LogP contribution in [0.4, 0.5) is 0 Å². The molecule has 0 aliphatic carbocycles. The van der Waals surface area contributed by atoms with E-state index in [2.05, 4.69) is 15.1 Å². The van der Waals surface area contributed by atoms with Crippen LogP contribution in [0.25, 0.3) is 0 Å². The molecule has 0 aromatic carbocycles. The molecule has 0 saturated carbocycles. The van der Waals surface area contributed by atoms with E-state index >= 15 is 0 Å². The minimum absolute atomic E-state index is 0.0465. The lowest BCUT2D eigenvalue weighted by molar-refractivity contribution is -0.136. The van der Waals surface area contributed by atoms with E-state index in [9.17, 15) is 4.79 Å². The molecule has 0 saturated heterocycles. The molecule has 0 radical (unpaired) electrons. The smallest absolute Gasteiger partial charge is 0.309 e. The Morgan fingerprint density at radius 1 is 1.53 bits per heavy atom. The third-order valence-electron chi connectivity index (χ3n) is 2.18. The van der Waals surface area contributed by atoms with Crippen molar-refractivity contribution in [3.8, 4) is 0 Å². The molecule has 0 aliphatic rings. The van der Waals surface area contributed by atoms with Gasteiger partial charge in [-0.05, 0) is 0 Å². The number of rotatable bonds is 6. The van der Waals surface area contributed by atoms with Crippen LogP contribution in [0, 0.1) is 0 Å². The first-order valence-electron chi connectivity index (χ1n) is 5.66. The molecule has 0 amide bonds. The summed E-state index contributed by atoms with van der Waals surface area (Å²) in [6.07, 6.45) is -0.0465. The standard InChI is InChI=1S/C11H13N3O3S2/c1-6(2)10-13-8(17-14-10)5-19-11-12-7(4-18-11)3-9(15)16/h4,6H,3,5H2,1-2H3,(H,15,16). The third kappa shape index (κ3) is 4.03. The molecule has 0 atom stereocenters. The number of nitrogens with zero attached hydrogens (tertiary/aromatic N) is 3. The molecule has 2 heterocycles. The number of thioether (sulfide) groups is 1. The van der Waals surface area contributed by atoms with Crippen LogP contribution in [-0.2, 0) is 17.0 Å². The normalized spacial score (nSPS) is 11.1. The monoisotopic (exact) mass is 299 g/mol. The van der Waals surface area contributed by atoms with Crippen LogP contribution >= 0.6 is 23.1 Å². The van der Waals surface area contributed by atoms with Gasteiger partial charge >= 0.3 is 5.97 Å². The maximum atomic E-state index is 10.5. The number of carboxylic acids is 1. The van der Waals surface area contributed by atoms with Gasteiger partial charge in [-0.2, -0.15) is 4.98 Å². The number of hydrogen-bond donors (Lipinski definition) is 1. The maximum Gasteiger partial charge on any atom is 0.309 e. The summed E-state index contributed by atoms with van der Waals surface area (Å²) in [5.41, 5.74) is 0.577. The number of carboxylic acid groups (broad SMARTS) is 1. The molecule has 0 unspecified atom stereocenters. The molecular formula is C11H13N3O3S2. The lowest BCUT2D eigenvalue weighted by Gasteiger charge is -1.93. The van der Waals surface area contributed by atoms with Crippen molar-refractivity contribution in [1.29, 1.82) is 0 Å². The van der Waals surface area contributed by atoms with Crippen LogP contribution in [0.2, 0.25) is 0 Å². The van der Waals surface area contributed by atoms with Gasteiger partial charge in [-0.15, -0.1) is 11.3 Å². The zero-order valence-corrected chi connectivity index (χ0v) is 12.1. The van der Waals surface area contributed by atoms with Gasteiger partial charge in [0.25, 0.3) is 0 Å². The van der Waals surface area contributed by atoms with E-state index in [4.69, 9.17) is 9.63 Å². The summed E-state index contributed by atoms with van der Waals surface area (Å²) >= 11 is 2.89. The lowest BCUT2D eigenvalue weighted by Crippen LogP contribution is -1.99. The zero-order valence-electron chi connectivity index (χ0n) is 10.5. The summed E-state index contributed by atoms with van der Waals surface area (Å²) in [4.78, 5) is 19.0. The Labute approximate surface area is 118 Å². The van der Waals surface area contributed by atoms with Gasteiger partial charge < -0.3 is 9.63 Å². The van der Waals surface area contributed by atoms with Gasteiger partial charge in [-0.1, -0.05) is 30.8 Å². The second-order valence-corrected chi connectivity index (χ2v) is 6.25. The Bertz CT molecular complexity index is 565. The second-order valence-electron chi connectivity index (χ2n) is 4.16. The molecule has 2 aromatic heterocycles. The predicted molar refractivity (Wildman–Crippen MR) is 71.4 cm³/mol. The number of carbonyl (C=O) groups is 1. The molecule has 0 spiro atoms. The van der Waals surface area contributed by atoms with Crippen molar-refractivity contribution >= 4 is 29.1 Å². The first-order valence-corrected chi connectivity index (χ1v) is 7.52. The molecule has 0 fully saturated rings. The van der Waals surface area contributed by atoms with Gasteiger partial charge in [-0.3, -0.25) is 4.79 Å². The summed E-state index contributed by atoms with van der Waals surface area (Å²) in [7, 11) is 0. The summed E-state index contributed by atoms with van der Waals surface area (Å²) in [5.74, 6) is 1.16. The van der Waals surface area contributed by atoms with Crippen LogP contribution in [-0.4, -0.2) is 26.2 Å². The Kier molecular flexibility index (Phi) is 4.54. The van der Waals surface area contributed by atoms with Gasteiger partial charge in [0.1, 0.15) is 0 Å². The van der Waals surface area contributed by atoms with E-state index in [1.807, 2.05) is 13.8 Å². The molecule has 0 aliphatic heterocycles. The Morgan fingerprint density at radius 2 is 2.32 bits per heavy atom. The van der Waals surface area contributed by atoms with Gasteiger partial charge in [0.15, 0.2) is 10.2 Å². The summed E-state index contributed by atoms with van der Waals surface area (Å²) < 4.78 is 5.93. The van der Waals surface area contributed by atoms with Crippen molar-refractivity contribution in [3.05, 3.63) is 22.8 Å². The van der Waals surface area contributed by atoms with Crippen LogP contribution in [0.3, 0.4) is 0 Å². The number of aliphatic carboxylic acids is 1. The molecule has 2 aromatic rings. The van der Waals surface area contributed by atoms with Crippen molar-refractivity contribution in [3.63, 3.8) is 0 Å². The van der Waals surface area contributed by atoms with E-state index in [0.29, 0.717) is 23.2 Å². The minimum Gasteiger partial charge on any atom is -0.481 e. The van der Waals surface area contributed by atoms with Crippen molar-refractivity contribution < 1.29 is 14.4 Å².